The minimum atomic E-state index is -0.893. The lowest BCUT2D eigenvalue weighted by Crippen LogP contribution is -2.15. The van der Waals surface area contributed by atoms with E-state index in [4.69, 9.17) is 11.6 Å². The summed E-state index contributed by atoms with van der Waals surface area (Å²) in [5.74, 6) is -0.552. The second-order valence-electron chi connectivity index (χ2n) is 8.95. The summed E-state index contributed by atoms with van der Waals surface area (Å²) in [6.07, 6.45) is 10.2. The van der Waals surface area contributed by atoms with Gasteiger partial charge in [0.25, 0.3) is 0 Å². The largest absolute Gasteiger partial charge is 0.206 e. The lowest BCUT2D eigenvalue weighted by molar-refractivity contribution is 0.252. The van der Waals surface area contributed by atoms with Gasteiger partial charge in [-0.2, -0.15) is 0 Å². The Labute approximate surface area is 187 Å². The van der Waals surface area contributed by atoms with Gasteiger partial charge in [-0.15, -0.1) is 0 Å². The third-order valence-electron chi connectivity index (χ3n) is 6.82. The zero-order valence-corrected chi connectivity index (χ0v) is 18.6. The van der Waals surface area contributed by atoms with Gasteiger partial charge in [0.15, 0.2) is 0 Å². The molecule has 31 heavy (non-hydrogen) atoms. The molecule has 4 heteroatoms. The number of rotatable bonds is 6. The van der Waals surface area contributed by atoms with Crippen LogP contribution in [0.3, 0.4) is 0 Å². The predicted molar refractivity (Wildman–Crippen MR) is 123 cm³/mol. The summed E-state index contributed by atoms with van der Waals surface area (Å²) in [4.78, 5) is 0. The van der Waals surface area contributed by atoms with E-state index in [0.29, 0.717) is 5.39 Å². The van der Waals surface area contributed by atoms with Crippen molar-refractivity contribution < 1.29 is 13.2 Å². The highest BCUT2D eigenvalue weighted by molar-refractivity contribution is 6.31. The molecular weight excluding hydrogens is 417 g/mol. The molecule has 4 rings (SSSR count). The van der Waals surface area contributed by atoms with Crippen LogP contribution in [0, 0.1) is 29.3 Å². The van der Waals surface area contributed by atoms with Crippen LogP contribution in [0.15, 0.2) is 42.5 Å². The number of aryl methyl sites for hydroxylation is 1. The maximum atomic E-state index is 15.1. The zero-order valence-electron chi connectivity index (χ0n) is 17.9. The van der Waals surface area contributed by atoms with Gasteiger partial charge < -0.3 is 0 Å². The molecule has 0 radical (unpaired) electrons. The summed E-state index contributed by atoms with van der Waals surface area (Å²) < 4.78 is 42.8. The van der Waals surface area contributed by atoms with Crippen molar-refractivity contribution in [3.63, 3.8) is 0 Å². The van der Waals surface area contributed by atoms with Crippen molar-refractivity contribution in [2.45, 2.75) is 58.3 Å². The zero-order chi connectivity index (χ0) is 22.0. The van der Waals surface area contributed by atoms with Crippen LogP contribution < -0.4 is 0 Å². The third-order valence-corrected chi connectivity index (χ3v) is 7.18. The third kappa shape index (κ3) is 4.92. The lowest BCUT2D eigenvalue weighted by Gasteiger charge is -2.28. The Morgan fingerprint density at radius 3 is 2.13 bits per heavy atom. The average Bonchev–Trinajstić information content (AvgIpc) is 2.77. The standard InChI is InChI=1S/C27H28ClF3/c1-2-3-17-4-6-18(7-5-17)8-9-19-10-12-22-20(14-19)11-13-23(27(22)31)21-15-24(29)26(28)25(30)16-21/h10-18H,2-9H2,1H3/t17-,18-. The Bertz CT molecular complexity index is 1040. The first-order valence-electron chi connectivity index (χ1n) is 11.3. The molecule has 0 bridgehead atoms. The molecule has 3 aromatic rings. The SMILES string of the molecule is CCC[C@H]1CC[C@H](CCc2ccc3c(F)c(-c4cc(F)c(Cl)c(F)c4)ccc3c2)CC1. The van der Waals surface area contributed by atoms with Gasteiger partial charge in [0.2, 0.25) is 0 Å². The van der Waals surface area contributed by atoms with Crippen LogP contribution in [0.25, 0.3) is 21.9 Å². The molecule has 0 atom stereocenters. The van der Waals surface area contributed by atoms with Crippen LogP contribution in [0.1, 0.15) is 57.4 Å². The summed E-state index contributed by atoms with van der Waals surface area (Å²) in [5.41, 5.74) is 1.51. The Morgan fingerprint density at radius 1 is 0.839 bits per heavy atom. The average molecular weight is 445 g/mol. The van der Waals surface area contributed by atoms with Gasteiger partial charge in [-0.1, -0.05) is 87.4 Å². The molecule has 0 amide bonds. The molecule has 0 saturated heterocycles. The van der Waals surface area contributed by atoms with Crippen molar-refractivity contribution >= 4 is 22.4 Å². The number of benzene rings is 3. The summed E-state index contributed by atoms with van der Waals surface area (Å²) in [7, 11) is 0. The van der Waals surface area contributed by atoms with Crippen LogP contribution in [-0.2, 0) is 6.42 Å². The number of halogens is 4. The van der Waals surface area contributed by atoms with E-state index in [1.165, 1.54) is 50.5 Å². The van der Waals surface area contributed by atoms with E-state index in [2.05, 4.69) is 6.92 Å². The summed E-state index contributed by atoms with van der Waals surface area (Å²) in [6, 6.07) is 11.3. The first-order valence-corrected chi connectivity index (χ1v) is 11.7. The normalized spacial score (nSPS) is 19.1. The van der Waals surface area contributed by atoms with Gasteiger partial charge in [-0.3, -0.25) is 0 Å². The summed E-state index contributed by atoms with van der Waals surface area (Å²) in [6.45, 7) is 2.27. The van der Waals surface area contributed by atoms with Crippen LogP contribution in [0.2, 0.25) is 5.02 Å². The summed E-state index contributed by atoms with van der Waals surface area (Å²) in [5, 5.41) is 0.686. The number of hydrogen-bond acceptors (Lipinski definition) is 0. The van der Waals surface area contributed by atoms with E-state index in [9.17, 15) is 8.78 Å². The van der Waals surface area contributed by atoms with Crippen molar-refractivity contribution in [1.82, 2.24) is 0 Å². The molecule has 0 unspecified atom stereocenters. The van der Waals surface area contributed by atoms with Gasteiger partial charge in [-0.25, -0.2) is 13.2 Å². The highest BCUT2D eigenvalue weighted by atomic mass is 35.5. The molecule has 0 aromatic heterocycles. The van der Waals surface area contributed by atoms with Crippen LogP contribution in [0.5, 0.6) is 0 Å². The fourth-order valence-corrected chi connectivity index (χ4v) is 5.13. The van der Waals surface area contributed by atoms with E-state index in [1.807, 2.05) is 18.2 Å². The smallest absolute Gasteiger partial charge is 0.145 e. The number of hydrogen-bond donors (Lipinski definition) is 0. The van der Waals surface area contributed by atoms with E-state index < -0.39 is 22.5 Å². The quantitative estimate of drug-likeness (QED) is 0.332. The van der Waals surface area contributed by atoms with Gasteiger partial charge in [0, 0.05) is 10.9 Å². The maximum Gasteiger partial charge on any atom is 0.145 e. The Morgan fingerprint density at radius 2 is 1.48 bits per heavy atom. The van der Waals surface area contributed by atoms with Gasteiger partial charge in [-0.05, 0) is 53.3 Å². The van der Waals surface area contributed by atoms with Gasteiger partial charge in [0.1, 0.15) is 22.5 Å². The Kier molecular flexibility index (Phi) is 6.91. The molecule has 0 heterocycles. The van der Waals surface area contributed by atoms with Crippen molar-refractivity contribution in [2.24, 2.45) is 11.8 Å². The fraction of sp³-hybridized carbons (Fsp3) is 0.407. The fourth-order valence-electron chi connectivity index (χ4n) is 5.02. The molecule has 0 N–H and O–H groups in total. The Hall–Kier alpha value is -2.00. The van der Waals surface area contributed by atoms with Gasteiger partial charge in [0.05, 0.1) is 0 Å². The van der Waals surface area contributed by atoms with E-state index in [-0.39, 0.29) is 11.1 Å². The van der Waals surface area contributed by atoms with Crippen LogP contribution >= 0.6 is 11.6 Å². The van der Waals surface area contributed by atoms with Crippen molar-refractivity contribution in [3.8, 4) is 11.1 Å². The molecule has 3 aromatic carbocycles. The van der Waals surface area contributed by atoms with Crippen molar-refractivity contribution in [2.75, 3.05) is 0 Å². The van der Waals surface area contributed by atoms with Crippen LogP contribution in [0.4, 0.5) is 13.2 Å². The molecule has 0 aliphatic heterocycles. The minimum Gasteiger partial charge on any atom is -0.206 e. The monoisotopic (exact) mass is 444 g/mol. The topological polar surface area (TPSA) is 0 Å². The lowest BCUT2D eigenvalue weighted by atomic mass is 9.78. The summed E-state index contributed by atoms with van der Waals surface area (Å²) >= 11 is 5.55. The molecule has 164 valence electrons. The molecule has 1 saturated carbocycles. The first-order chi connectivity index (χ1) is 15.0. The molecule has 1 fully saturated rings. The highest BCUT2D eigenvalue weighted by Crippen LogP contribution is 2.35. The minimum absolute atomic E-state index is 0.140. The second-order valence-corrected chi connectivity index (χ2v) is 9.33. The molecule has 1 aliphatic rings. The highest BCUT2D eigenvalue weighted by Gasteiger charge is 2.20. The second kappa shape index (κ2) is 9.65. The molecular formula is C27H28ClF3. The van der Waals surface area contributed by atoms with E-state index >= 15 is 4.39 Å². The van der Waals surface area contributed by atoms with Gasteiger partial charge >= 0.3 is 0 Å². The van der Waals surface area contributed by atoms with Crippen LogP contribution in [-0.4, -0.2) is 0 Å². The molecule has 0 spiro atoms. The molecule has 1 aliphatic carbocycles. The Balaban J connectivity index is 1.49. The van der Waals surface area contributed by atoms with Crippen molar-refractivity contribution in [1.29, 1.82) is 0 Å². The maximum absolute atomic E-state index is 15.1. The van der Waals surface area contributed by atoms with E-state index in [1.54, 1.807) is 12.1 Å². The van der Waals surface area contributed by atoms with E-state index in [0.717, 1.165) is 35.8 Å². The number of fused-ring (bicyclic) bond motifs is 1. The first kappa shape index (κ1) is 22.2. The van der Waals surface area contributed by atoms with Crippen molar-refractivity contribution in [3.05, 3.63) is 70.5 Å². The predicted octanol–water partition coefficient (Wildman–Crippen LogP) is 9.12. The molecule has 0 nitrogen and oxygen atoms in total.